The molecule has 0 aliphatic carbocycles. The highest BCUT2D eigenvalue weighted by atomic mass is 16.4. The number of amides is 3. The zero-order valence-electron chi connectivity index (χ0n) is 22.6. The van der Waals surface area contributed by atoms with Crippen molar-refractivity contribution in [2.75, 3.05) is 19.6 Å². The summed E-state index contributed by atoms with van der Waals surface area (Å²) in [6.07, 6.45) is 3.28. The zero-order valence-corrected chi connectivity index (χ0v) is 22.6. The Morgan fingerprint density at radius 1 is 1.02 bits per heavy atom. The van der Waals surface area contributed by atoms with Gasteiger partial charge < -0.3 is 48.7 Å². The normalized spacial score (nSPS) is 16.9. The Morgan fingerprint density at radius 2 is 1.73 bits per heavy atom. The van der Waals surface area contributed by atoms with Crippen molar-refractivity contribution < 1.29 is 29.4 Å². The zero-order chi connectivity index (χ0) is 29.7. The maximum absolute atomic E-state index is 13.4. The van der Waals surface area contributed by atoms with Crippen LogP contribution in [0.5, 0.6) is 5.75 Å². The fraction of sp³-hybridized carbons (Fsp3) is 0.577. The standard InChI is InChI=1S/C26H42N8O6/c27-12-2-1-5-18(28)24(38)34-14-4-7-21(34)23(37)33-20(15-16-8-10-17(35)11-9-16)22(36)32-19(25(39)40)6-3-13-31-26(29)30/h8-11,18-21,35H,1-7,12-15,27-28H2,(H,32,36)(H,33,37)(H,39,40)(H4,29,30,31). The summed E-state index contributed by atoms with van der Waals surface area (Å²) in [5.74, 6) is -2.90. The lowest BCUT2D eigenvalue weighted by Gasteiger charge is -2.29. The number of phenols is 1. The smallest absolute Gasteiger partial charge is 0.326 e. The van der Waals surface area contributed by atoms with Crippen LogP contribution in [0, 0.1) is 0 Å². The van der Waals surface area contributed by atoms with Gasteiger partial charge in [0, 0.05) is 19.5 Å². The van der Waals surface area contributed by atoms with Gasteiger partial charge >= 0.3 is 5.97 Å². The van der Waals surface area contributed by atoms with Crippen LogP contribution in [0.2, 0.25) is 0 Å². The first-order valence-corrected chi connectivity index (χ1v) is 13.5. The lowest BCUT2D eigenvalue weighted by atomic mass is 10.0. The third-order valence-electron chi connectivity index (χ3n) is 6.69. The van der Waals surface area contributed by atoms with Gasteiger partial charge in [-0.1, -0.05) is 18.6 Å². The molecule has 40 heavy (non-hydrogen) atoms. The number of phenolic OH excluding ortho intramolecular Hbond substituents is 1. The Hall–Kier alpha value is -3.91. The Labute approximate surface area is 233 Å². The number of hydrogen-bond donors (Lipinski definition) is 8. The number of carboxylic acids is 1. The molecule has 1 aliphatic heterocycles. The monoisotopic (exact) mass is 562 g/mol. The van der Waals surface area contributed by atoms with Crippen molar-refractivity contribution in [3.63, 3.8) is 0 Å². The molecule has 4 unspecified atom stereocenters. The number of unbranched alkanes of at least 4 members (excludes halogenated alkanes) is 1. The topological polar surface area (TPSA) is 252 Å². The van der Waals surface area contributed by atoms with E-state index in [0.717, 1.165) is 6.42 Å². The average Bonchev–Trinajstić information content (AvgIpc) is 3.40. The molecule has 0 aromatic heterocycles. The summed E-state index contributed by atoms with van der Waals surface area (Å²) in [6, 6.07) is 2.13. The van der Waals surface area contributed by atoms with Crippen LogP contribution in [-0.2, 0) is 25.6 Å². The minimum atomic E-state index is -1.25. The average molecular weight is 563 g/mol. The first-order chi connectivity index (χ1) is 19.0. The van der Waals surface area contributed by atoms with E-state index < -0.39 is 42.0 Å². The molecule has 0 saturated carbocycles. The molecular weight excluding hydrogens is 520 g/mol. The van der Waals surface area contributed by atoms with E-state index in [1.165, 1.54) is 17.0 Å². The first kappa shape index (κ1) is 32.3. The molecule has 0 radical (unpaired) electrons. The maximum atomic E-state index is 13.4. The Kier molecular flexibility index (Phi) is 13.1. The Bertz CT molecular complexity index is 1030. The number of hydrogen-bond acceptors (Lipinski definition) is 8. The third-order valence-corrected chi connectivity index (χ3v) is 6.69. The number of aliphatic carboxylic acids is 1. The molecule has 222 valence electrons. The number of nitrogens with two attached hydrogens (primary N) is 4. The molecule has 12 N–H and O–H groups in total. The third kappa shape index (κ3) is 10.3. The molecule has 1 fully saturated rings. The van der Waals surface area contributed by atoms with Crippen LogP contribution in [-0.4, -0.2) is 88.6 Å². The van der Waals surface area contributed by atoms with E-state index >= 15 is 0 Å². The lowest BCUT2D eigenvalue weighted by molar-refractivity contribution is -0.143. The SMILES string of the molecule is NCCCCC(N)C(=O)N1CCCC1C(=O)NC(Cc1ccc(O)cc1)C(=O)NC(CCCN=C(N)N)C(=O)O. The Balaban J connectivity index is 2.15. The molecule has 1 heterocycles. The largest absolute Gasteiger partial charge is 0.508 e. The number of benzene rings is 1. The number of carbonyl (C=O) groups is 4. The number of aliphatic imine (C=N–C) groups is 1. The van der Waals surface area contributed by atoms with E-state index in [-0.39, 0.29) is 37.0 Å². The van der Waals surface area contributed by atoms with Gasteiger partial charge in [-0.05, 0) is 62.8 Å². The number of carbonyl (C=O) groups excluding carboxylic acids is 3. The van der Waals surface area contributed by atoms with Gasteiger partial charge in [-0.15, -0.1) is 0 Å². The summed E-state index contributed by atoms with van der Waals surface area (Å²) >= 11 is 0. The molecule has 2 rings (SSSR count). The quantitative estimate of drug-likeness (QED) is 0.0656. The maximum Gasteiger partial charge on any atom is 0.326 e. The minimum Gasteiger partial charge on any atom is -0.508 e. The molecule has 0 spiro atoms. The van der Waals surface area contributed by atoms with Crippen LogP contribution in [0.3, 0.4) is 0 Å². The molecule has 1 aromatic carbocycles. The molecule has 1 aliphatic rings. The van der Waals surface area contributed by atoms with Gasteiger partial charge in [-0.2, -0.15) is 0 Å². The van der Waals surface area contributed by atoms with Gasteiger partial charge in [0.1, 0.15) is 23.9 Å². The van der Waals surface area contributed by atoms with Gasteiger partial charge in [0.25, 0.3) is 0 Å². The number of carboxylic acid groups (broad SMARTS) is 1. The molecule has 14 nitrogen and oxygen atoms in total. The van der Waals surface area contributed by atoms with E-state index in [2.05, 4.69) is 15.6 Å². The summed E-state index contributed by atoms with van der Waals surface area (Å²) in [4.78, 5) is 56.7. The van der Waals surface area contributed by atoms with Crippen LogP contribution in [0.15, 0.2) is 29.3 Å². The van der Waals surface area contributed by atoms with Gasteiger partial charge in [0.15, 0.2) is 5.96 Å². The molecule has 1 saturated heterocycles. The molecule has 1 aromatic rings. The van der Waals surface area contributed by atoms with E-state index in [1.54, 1.807) is 12.1 Å². The van der Waals surface area contributed by atoms with Crippen molar-refractivity contribution in [3.8, 4) is 5.75 Å². The lowest BCUT2D eigenvalue weighted by Crippen LogP contribution is -2.57. The summed E-state index contributed by atoms with van der Waals surface area (Å²) in [5, 5.41) is 24.4. The van der Waals surface area contributed by atoms with Crippen molar-refractivity contribution in [1.82, 2.24) is 15.5 Å². The second kappa shape index (κ2) is 16.3. The molecule has 4 atom stereocenters. The van der Waals surface area contributed by atoms with Crippen LogP contribution >= 0.6 is 0 Å². The number of nitrogens with one attached hydrogen (secondary N) is 2. The first-order valence-electron chi connectivity index (χ1n) is 13.5. The summed E-state index contributed by atoms with van der Waals surface area (Å²) in [5.41, 5.74) is 22.8. The summed E-state index contributed by atoms with van der Waals surface area (Å²) < 4.78 is 0. The van der Waals surface area contributed by atoms with Gasteiger partial charge in [-0.25, -0.2) is 4.79 Å². The van der Waals surface area contributed by atoms with Crippen molar-refractivity contribution >= 4 is 29.7 Å². The number of guanidine groups is 1. The van der Waals surface area contributed by atoms with Crippen LogP contribution in [0.4, 0.5) is 0 Å². The van der Waals surface area contributed by atoms with E-state index in [0.29, 0.717) is 50.8 Å². The van der Waals surface area contributed by atoms with Crippen molar-refractivity contribution in [1.29, 1.82) is 0 Å². The van der Waals surface area contributed by atoms with Gasteiger partial charge in [0.05, 0.1) is 6.04 Å². The van der Waals surface area contributed by atoms with Crippen molar-refractivity contribution in [2.24, 2.45) is 27.9 Å². The molecule has 3 amide bonds. The van der Waals surface area contributed by atoms with Gasteiger partial charge in [0.2, 0.25) is 17.7 Å². The van der Waals surface area contributed by atoms with E-state index in [4.69, 9.17) is 22.9 Å². The number of nitrogens with zero attached hydrogens (tertiary/aromatic N) is 2. The number of aromatic hydroxyl groups is 1. The van der Waals surface area contributed by atoms with Crippen LogP contribution in [0.25, 0.3) is 0 Å². The summed E-state index contributed by atoms with van der Waals surface area (Å²) in [7, 11) is 0. The van der Waals surface area contributed by atoms with E-state index in [9.17, 15) is 29.4 Å². The second-order valence-corrected chi connectivity index (χ2v) is 9.86. The second-order valence-electron chi connectivity index (χ2n) is 9.86. The predicted molar refractivity (Wildman–Crippen MR) is 149 cm³/mol. The minimum absolute atomic E-state index is 0.0253. The number of likely N-dealkylation sites (tertiary alicyclic amines) is 1. The highest BCUT2D eigenvalue weighted by Gasteiger charge is 2.37. The van der Waals surface area contributed by atoms with Crippen molar-refractivity contribution in [2.45, 2.75) is 75.5 Å². The van der Waals surface area contributed by atoms with Crippen LogP contribution in [0.1, 0.15) is 50.5 Å². The van der Waals surface area contributed by atoms with Crippen molar-refractivity contribution in [3.05, 3.63) is 29.8 Å². The number of rotatable bonds is 16. The van der Waals surface area contributed by atoms with E-state index in [1.807, 2.05) is 0 Å². The predicted octanol–water partition coefficient (Wildman–Crippen LogP) is -1.51. The van der Waals surface area contributed by atoms with Crippen LogP contribution < -0.4 is 33.6 Å². The van der Waals surface area contributed by atoms with Gasteiger partial charge in [-0.3, -0.25) is 19.4 Å². The Morgan fingerprint density at radius 3 is 2.35 bits per heavy atom. The fourth-order valence-electron chi connectivity index (χ4n) is 4.53. The highest BCUT2D eigenvalue weighted by Crippen LogP contribution is 2.20. The summed E-state index contributed by atoms with van der Waals surface area (Å²) in [6.45, 7) is 1.06. The molecule has 0 bridgehead atoms. The molecule has 14 heteroatoms. The fourth-order valence-corrected chi connectivity index (χ4v) is 4.53. The highest BCUT2D eigenvalue weighted by molar-refractivity contribution is 5.94. The molecular formula is C26H42N8O6.